The number of alkyl halides is 3. The van der Waals surface area contributed by atoms with Crippen molar-refractivity contribution in [2.45, 2.75) is 31.7 Å². The number of hydrogen-bond acceptors (Lipinski definition) is 3. The molecular weight excluding hydrogens is 259 g/mol. The molecule has 1 aliphatic rings. The summed E-state index contributed by atoms with van der Waals surface area (Å²) in [4.78, 5) is 0. The van der Waals surface area contributed by atoms with E-state index in [1.165, 1.54) is 12.1 Å². The van der Waals surface area contributed by atoms with Gasteiger partial charge in [0, 0.05) is 12.3 Å². The molecule has 6 heteroatoms. The summed E-state index contributed by atoms with van der Waals surface area (Å²) in [6.07, 6.45) is -2.54. The van der Waals surface area contributed by atoms with Crippen LogP contribution in [0.1, 0.15) is 24.0 Å². The zero-order valence-corrected chi connectivity index (χ0v) is 10.4. The first kappa shape index (κ1) is 14.1. The van der Waals surface area contributed by atoms with Gasteiger partial charge in [0.1, 0.15) is 0 Å². The van der Waals surface area contributed by atoms with Gasteiger partial charge < -0.3 is 15.2 Å². The summed E-state index contributed by atoms with van der Waals surface area (Å²) < 4.78 is 49.1. The Morgan fingerprint density at radius 1 is 1.37 bits per heavy atom. The molecule has 1 heterocycles. The summed E-state index contributed by atoms with van der Waals surface area (Å²) in [7, 11) is 0. The van der Waals surface area contributed by atoms with E-state index in [1.54, 1.807) is 0 Å². The second-order valence-corrected chi connectivity index (χ2v) is 4.56. The number of benzene rings is 1. The summed E-state index contributed by atoms with van der Waals surface area (Å²) >= 11 is 0. The summed E-state index contributed by atoms with van der Waals surface area (Å²) in [5.41, 5.74) is 4.85. The average Bonchev–Trinajstić information content (AvgIpc) is 2.83. The topological polar surface area (TPSA) is 44.5 Å². The van der Waals surface area contributed by atoms with Gasteiger partial charge in [-0.2, -0.15) is 13.2 Å². The molecule has 0 aromatic heterocycles. The maximum absolute atomic E-state index is 12.8. The monoisotopic (exact) mass is 275 g/mol. The number of ether oxygens (including phenoxy) is 2. The lowest BCUT2D eigenvalue weighted by Crippen LogP contribution is -2.16. The van der Waals surface area contributed by atoms with Gasteiger partial charge in [-0.05, 0) is 30.5 Å². The van der Waals surface area contributed by atoms with E-state index in [2.05, 4.69) is 0 Å². The first-order chi connectivity index (χ1) is 8.97. The SMILES string of the molecule is Nc1ccc(COCC2CCCO2)c(C(F)(F)F)c1. The molecule has 0 radical (unpaired) electrons. The molecule has 2 rings (SSSR count). The van der Waals surface area contributed by atoms with Crippen LogP contribution in [-0.4, -0.2) is 19.3 Å². The first-order valence-corrected chi connectivity index (χ1v) is 6.12. The van der Waals surface area contributed by atoms with E-state index in [0.29, 0.717) is 13.2 Å². The van der Waals surface area contributed by atoms with Gasteiger partial charge in [-0.15, -0.1) is 0 Å². The van der Waals surface area contributed by atoms with E-state index in [1.807, 2.05) is 0 Å². The Hall–Kier alpha value is -1.27. The van der Waals surface area contributed by atoms with Crippen LogP contribution in [0.4, 0.5) is 18.9 Å². The van der Waals surface area contributed by atoms with E-state index >= 15 is 0 Å². The fourth-order valence-electron chi connectivity index (χ4n) is 2.06. The second-order valence-electron chi connectivity index (χ2n) is 4.56. The van der Waals surface area contributed by atoms with Crippen LogP contribution in [0.2, 0.25) is 0 Å². The van der Waals surface area contributed by atoms with Crippen LogP contribution in [0, 0.1) is 0 Å². The van der Waals surface area contributed by atoms with Crippen LogP contribution in [0.3, 0.4) is 0 Å². The predicted octanol–water partition coefficient (Wildman–Crippen LogP) is 2.98. The Bertz CT molecular complexity index is 428. The van der Waals surface area contributed by atoms with Gasteiger partial charge in [0.15, 0.2) is 0 Å². The maximum Gasteiger partial charge on any atom is 0.416 e. The third-order valence-corrected chi connectivity index (χ3v) is 3.02. The van der Waals surface area contributed by atoms with E-state index in [-0.39, 0.29) is 24.0 Å². The molecule has 0 saturated carbocycles. The van der Waals surface area contributed by atoms with Gasteiger partial charge in [0.05, 0.1) is 24.9 Å². The standard InChI is InChI=1S/C13H16F3NO2/c14-13(15,16)12-6-10(17)4-3-9(12)7-18-8-11-2-1-5-19-11/h3-4,6,11H,1-2,5,7-8,17H2. The molecule has 1 atom stereocenters. The van der Waals surface area contributed by atoms with Crippen molar-refractivity contribution in [1.82, 2.24) is 0 Å². The highest BCUT2D eigenvalue weighted by Gasteiger charge is 2.33. The molecule has 1 aromatic carbocycles. The largest absolute Gasteiger partial charge is 0.416 e. The molecule has 19 heavy (non-hydrogen) atoms. The number of halogens is 3. The number of nitrogens with two attached hydrogens (primary N) is 1. The minimum absolute atomic E-state index is 0.00289. The lowest BCUT2D eigenvalue weighted by Gasteiger charge is -2.15. The van der Waals surface area contributed by atoms with Gasteiger partial charge in [-0.25, -0.2) is 0 Å². The van der Waals surface area contributed by atoms with Gasteiger partial charge >= 0.3 is 6.18 Å². The number of anilines is 1. The van der Waals surface area contributed by atoms with Crippen molar-refractivity contribution in [3.05, 3.63) is 29.3 Å². The van der Waals surface area contributed by atoms with Crippen LogP contribution >= 0.6 is 0 Å². The molecule has 0 bridgehead atoms. The van der Waals surface area contributed by atoms with Gasteiger partial charge in [0.2, 0.25) is 0 Å². The van der Waals surface area contributed by atoms with Crippen molar-refractivity contribution in [3.63, 3.8) is 0 Å². The summed E-state index contributed by atoms with van der Waals surface area (Å²) in [5.74, 6) is 0. The van der Waals surface area contributed by atoms with Crippen LogP contribution in [0.25, 0.3) is 0 Å². The zero-order chi connectivity index (χ0) is 13.9. The van der Waals surface area contributed by atoms with Crippen LogP contribution < -0.4 is 5.73 Å². The summed E-state index contributed by atoms with van der Waals surface area (Å²) in [6, 6.07) is 3.73. The first-order valence-electron chi connectivity index (χ1n) is 6.12. The molecule has 106 valence electrons. The van der Waals surface area contributed by atoms with Crippen LogP contribution in [-0.2, 0) is 22.3 Å². The van der Waals surface area contributed by atoms with Crippen molar-refractivity contribution in [2.75, 3.05) is 18.9 Å². The molecule has 3 nitrogen and oxygen atoms in total. The minimum Gasteiger partial charge on any atom is -0.399 e. The Morgan fingerprint density at radius 2 is 2.16 bits per heavy atom. The van der Waals surface area contributed by atoms with Crippen molar-refractivity contribution in [2.24, 2.45) is 0 Å². The lowest BCUT2D eigenvalue weighted by atomic mass is 10.1. The minimum atomic E-state index is -4.42. The highest BCUT2D eigenvalue weighted by atomic mass is 19.4. The number of rotatable bonds is 4. The number of hydrogen-bond donors (Lipinski definition) is 1. The normalized spacial score (nSPS) is 19.8. The highest BCUT2D eigenvalue weighted by Crippen LogP contribution is 2.33. The van der Waals surface area contributed by atoms with Crippen molar-refractivity contribution in [1.29, 1.82) is 0 Å². The lowest BCUT2D eigenvalue weighted by molar-refractivity contribution is -0.139. The smallest absolute Gasteiger partial charge is 0.399 e. The summed E-state index contributed by atoms with van der Waals surface area (Å²) in [6.45, 7) is 0.931. The summed E-state index contributed by atoms with van der Waals surface area (Å²) in [5, 5.41) is 0. The fourth-order valence-corrected chi connectivity index (χ4v) is 2.06. The third-order valence-electron chi connectivity index (χ3n) is 3.02. The van der Waals surface area contributed by atoms with Crippen molar-refractivity contribution >= 4 is 5.69 Å². The fraction of sp³-hybridized carbons (Fsp3) is 0.538. The molecule has 1 fully saturated rings. The van der Waals surface area contributed by atoms with Crippen molar-refractivity contribution in [3.8, 4) is 0 Å². The van der Waals surface area contributed by atoms with Crippen LogP contribution in [0.15, 0.2) is 18.2 Å². The van der Waals surface area contributed by atoms with Gasteiger partial charge in [0.25, 0.3) is 0 Å². The predicted molar refractivity (Wildman–Crippen MR) is 64.5 cm³/mol. The van der Waals surface area contributed by atoms with E-state index in [0.717, 1.165) is 18.9 Å². The maximum atomic E-state index is 12.8. The molecule has 0 amide bonds. The molecule has 1 unspecified atom stereocenters. The molecule has 0 spiro atoms. The van der Waals surface area contributed by atoms with Crippen LogP contribution in [0.5, 0.6) is 0 Å². The molecule has 1 saturated heterocycles. The molecule has 2 N–H and O–H groups in total. The highest BCUT2D eigenvalue weighted by molar-refractivity contribution is 5.45. The molecule has 0 aliphatic carbocycles. The Labute approximate surface area is 109 Å². The average molecular weight is 275 g/mol. The zero-order valence-electron chi connectivity index (χ0n) is 10.4. The van der Waals surface area contributed by atoms with E-state index in [4.69, 9.17) is 15.2 Å². The van der Waals surface area contributed by atoms with Crippen molar-refractivity contribution < 1.29 is 22.6 Å². The molecular formula is C13H16F3NO2. The molecule has 1 aromatic rings. The van der Waals surface area contributed by atoms with E-state index < -0.39 is 11.7 Å². The Balaban J connectivity index is 1.98. The number of nitrogen functional groups attached to an aromatic ring is 1. The Kier molecular flexibility index (Phi) is 4.31. The quantitative estimate of drug-likeness (QED) is 0.859. The third kappa shape index (κ3) is 3.84. The van der Waals surface area contributed by atoms with Gasteiger partial charge in [-0.1, -0.05) is 6.07 Å². The van der Waals surface area contributed by atoms with E-state index in [9.17, 15) is 13.2 Å². The molecule has 1 aliphatic heterocycles. The van der Waals surface area contributed by atoms with Gasteiger partial charge in [-0.3, -0.25) is 0 Å². The second kappa shape index (κ2) is 5.79. The Morgan fingerprint density at radius 3 is 2.79 bits per heavy atom.